The predicted octanol–water partition coefficient (Wildman–Crippen LogP) is 1.24. The Kier molecular flexibility index (Phi) is 5.47. The zero-order valence-electron chi connectivity index (χ0n) is 9.92. The van der Waals surface area contributed by atoms with Crippen LogP contribution in [0.1, 0.15) is 39.5 Å². The summed E-state index contributed by atoms with van der Waals surface area (Å²) in [5.74, 6) is 7.63. The molecule has 2 unspecified atom stereocenters. The van der Waals surface area contributed by atoms with Crippen molar-refractivity contribution in [3.63, 3.8) is 0 Å². The molecule has 4 heteroatoms. The van der Waals surface area contributed by atoms with Gasteiger partial charge in [-0.1, -0.05) is 26.2 Å². The minimum absolute atomic E-state index is 0.718. The first-order valence-electron chi connectivity index (χ1n) is 6.02. The van der Waals surface area contributed by atoms with Crippen molar-refractivity contribution in [3.05, 3.63) is 0 Å². The van der Waals surface area contributed by atoms with Crippen molar-refractivity contribution in [2.45, 2.75) is 39.5 Å². The van der Waals surface area contributed by atoms with Gasteiger partial charge in [0, 0.05) is 13.1 Å². The van der Waals surface area contributed by atoms with Gasteiger partial charge in [0.1, 0.15) is 0 Å². The number of hydrazine groups is 1. The van der Waals surface area contributed by atoms with Crippen LogP contribution in [0.15, 0.2) is 4.99 Å². The highest BCUT2D eigenvalue weighted by Crippen LogP contribution is 2.29. The second-order valence-electron chi connectivity index (χ2n) is 4.39. The maximum absolute atomic E-state index is 5.37. The topological polar surface area (TPSA) is 62.4 Å². The van der Waals surface area contributed by atoms with E-state index in [1.807, 2.05) is 6.92 Å². The van der Waals surface area contributed by atoms with Gasteiger partial charge >= 0.3 is 0 Å². The molecule has 4 N–H and O–H groups in total. The SMILES string of the molecule is CCNC(=NCC1CCCCC1C)NN. The molecular weight excluding hydrogens is 188 g/mol. The van der Waals surface area contributed by atoms with Gasteiger partial charge in [-0.15, -0.1) is 0 Å². The van der Waals surface area contributed by atoms with E-state index >= 15 is 0 Å². The normalized spacial score (nSPS) is 27.5. The molecule has 0 aliphatic heterocycles. The number of rotatable bonds is 3. The number of hydrogen-bond acceptors (Lipinski definition) is 2. The van der Waals surface area contributed by atoms with Crippen LogP contribution in [0, 0.1) is 11.8 Å². The van der Waals surface area contributed by atoms with E-state index in [9.17, 15) is 0 Å². The summed E-state index contributed by atoms with van der Waals surface area (Å²) in [6.07, 6.45) is 5.41. The molecular formula is C11H24N4. The Balaban J connectivity index is 2.38. The maximum Gasteiger partial charge on any atom is 0.205 e. The van der Waals surface area contributed by atoms with Crippen LogP contribution >= 0.6 is 0 Å². The largest absolute Gasteiger partial charge is 0.356 e. The van der Waals surface area contributed by atoms with Gasteiger partial charge < -0.3 is 5.32 Å². The van der Waals surface area contributed by atoms with Crippen molar-refractivity contribution in [1.82, 2.24) is 10.7 Å². The van der Waals surface area contributed by atoms with E-state index in [4.69, 9.17) is 5.84 Å². The molecule has 2 atom stereocenters. The molecule has 0 amide bonds. The Bertz CT molecular complexity index is 203. The van der Waals surface area contributed by atoms with Crippen LogP contribution < -0.4 is 16.6 Å². The van der Waals surface area contributed by atoms with E-state index in [0.29, 0.717) is 0 Å². The van der Waals surface area contributed by atoms with Gasteiger partial charge in [-0.25, -0.2) is 5.84 Å². The third-order valence-electron chi connectivity index (χ3n) is 3.25. The minimum Gasteiger partial charge on any atom is -0.356 e. The van der Waals surface area contributed by atoms with Crippen molar-refractivity contribution >= 4 is 5.96 Å². The Hall–Kier alpha value is -0.770. The van der Waals surface area contributed by atoms with Crippen LogP contribution in [0.3, 0.4) is 0 Å². The van der Waals surface area contributed by atoms with E-state index < -0.39 is 0 Å². The van der Waals surface area contributed by atoms with Crippen molar-refractivity contribution in [3.8, 4) is 0 Å². The number of nitrogens with one attached hydrogen (secondary N) is 2. The van der Waals surface area contributed by atoms with Crippen LogP contribution in [0.5, 0.6) is 0 Å². The molecule has 0 saturated heterocycles. The lowest BCUT2D eigenvalue weighted by atomic mass is 9.80. The molecule has 1 fully saturated rings. The summed E-state index contributed by atoms with van der Waals surface area (Å²) in [6, 6.07) is 0. The summed E-state index contributed by atoms with van der Waals surface area (Å²) >= 11 is 0. The molecule has 0 radical (unpaired) electrons. The van der Waals surface area contributed by atoms with E-state index in [1.54, 1.807) is 0 Å². The molecule has 0 heterocycles. The Labute approximate surface area is 92.7 Å². The Morgan fingerprint density at radius 2 is 2.13 bits per heavy atom. The molecule has 0 spiro atoms. The van der Waals surface area contributed by atoms with Gasteiger partial charge in [-0.3, -0.25) is 10.4 Å². The van der Waals surface area contributed by atoms with Gasteiger partial charge in [-0.2, -0.15) is 0 Å². The van der Waals surface area contributed by atoms with Gasteiger partial charge in [-0.05, 0) is 25.2 Å². The second-order valence-corrected chi connectivity index (χ2v) is 4.39. The number of nitrogens with zero attached hydrogens (tertiary/aromatic N) is 1. The summed E-state index contributed by atoms with van der Waals surface area (Å²) in [7, 11) is 0. The van der Waals surface area contributed by atoms with Gasteiger partial charge in [0.15, 0.2) is 0 Å². The maximum atomic E-state index is 5.37. The van der Waals surface area contributed by atoms with Crippen molar-refractivity contribution in [2.75, 3.05) is 13.1 Å². The fraction of sp³-hybridized carbons (Fsp3) is 0.909. The highest BCUT2D eigenvalue weighted by Gasteiger charge is 2.20. The molecule has 0 bridgehead atoms. The molecule has 1 aliphatic rings. The fourth-order valence-electron chi connectivity index (χ4n) is 2.19. The molecule has 1 rings (SSSR count). The summed E-state index contributed by atoms with van der Waals surface area (Å²) in [5, 5.41) is 3.10. The number of hydrogen-bond donors (Lipinski definition) is 3. The molecule has 0 aromatic carbocycles. The average Bonchev–Trinajstić information content (AvgIpc) is 2.26. The predicted molar refractivity (Wildman–Crippen MR) is 64.4 cm³/mol. The van der Waals surface area contributed by atoms with Crippen LogP contribution in [0.25, 0.3) is 0 Å². The van der Waals surface area contributed by atoms with E-state index in [-0.39, 0.29) is 0 Å². The fourth-order valence-corrected chi connectivity index (χ4v) is 2.19. The van der Waals surface area contributed by atoms with Crippen LogP contribution in [0.2, 0.25) is 0 Å². The lowest BCUT2D eigenvalue weighted by Crippen LogP contribution is -2.42. The third-order valence-corrected chi connectivity index (χ3v) is 3.25. The first-order valence-corrected chi connectivity index (χ1v) is 6.02. The molecule has 0 aromatic heterocycles. The molecule has 15 heavy (non-hydrogen) atoms. The van der Waals surface area contributed by atoms with E-state index in [2.05, 4.69) is 22.7 Å². The van der Waals surface area contributed by atoms with Crippen molar-refractivity contribution < 1.29 is 0 Å². The standard InChI is InChI=1S/C11H24N4/c1-3-13-11(15-12)14-8-10-7-5-4-6-9(10)2/h9-10H,3-8,12H2,1-2H3,(H2,13,14,15). The highest BCUT2D eigenvalue weighted by atomic mass is 15.3. The first kappa shape index (κ1) is 12.3. The number of aliphatic imine (C=N–C) groups is 1. The molecule has 1 saturated carbocycles. The summed E-state index contributed by atoms with van der Waals surface area (Å²) in [4.78, 5) is 4.48. The summed E-state index contributed by atoms with van der Waals surface area (Å²) in [6.45, 7) is 6.12. The van der Waals surface area contributed by atoms with Crippen LogP contribution in [-0.2, 0) is 0 Å². The molecule has 88 valence electrons. The Morgan fingerprint density at radius 1 is 1.40 bits per heavy atom. The second kappa shape index (κ2) is 6.67. The monoisotopic (exact) mass is 212 g/mol. The van der Waals surface area contributed by atoms with Crippen molar-refractivity contribution in [2.24, 2.45) is 22.7 Å². The van der Waals surface area contributed by atoms with E-state index in [1.165, 1.54) is 25.7 Å². The average molecular weight is 212 g/mol. The Morgan fingerprint density at radius 3 is 2.73 bits per heavy atom. The molecule has 0 aromatic rings. The van der Waals surface area contributed by atoms with Crippen LogP contribution in [0.4, 0.5) is 0 Å². The minimum atomic E-state index is 0.718. The van der Waals surface area contributed by atoms with Crippen LogP contribution in [-0.4, -0.2) is 19.0 Å². The van der Waals surface area contributed by atoms with Gasteiger partial charge in [0.25, 0.3) is 0 Å². The van der Waals surface area contributed by atoms with E-state index in [0.717, 1.165) is 30.9 Å². The van der Waals surface area contributed by atoms with Gasteiger partial charge in [0.2, 0.25) is 5.96 Å². The van der Waals surface area contributed by atoms with Crippen molar-refractivity contribution in [1.29, 1.82) is 0 Å². The zero-order valence-corrected chi connectivity index (χ0v) is 9.92. The lowest BCUT2D eigenvalue weighted by Gasteiger charge is -2.27. The quantitative estimate of drug-likeness (QED) is 0.285. The lowest BCUT2D eigenvalue weighted by molar-refractivity contribution is 0.263. The molecule has 4 nitrogen and oxygen atoms in total. The molecule has 1 aliphatic carbocycles. The number of guanidine groups is 1. The summed E-state index contributed by atoms with van der Waals surface area (Å²) in [5.41, 5.74) is 2.60. The summed E-state index contributed by atoms with van der Waals surface area (Å²) < 4.78 is 0. The zero-order chi connectivity index (χ0) is 11.1. The first-order chi connectivity index (χ1) is 7.27. The number of nitrogens with two attached hydrogens (primary N) is 1. The smallest absolute Gasteiger partial charge is 0.205 e. The highest BCUT2D eigenvalue weighted by molar-refractivity contribution is 5.79. The third kappa shape index (κ3) is 4.08. The van der Waals surface area contributed by atoms with Gasteiger partial charge in [0.05, 0.1) is 0 Å².